The van der Waals surface area contributed by atoms with Gasteiger partial charge in [-0.1, -0.05) is 18.0 Å². The molecule has 3 nitrogen and oxygen atoms in total. The first-order chi connectivity index (χ1) is 4.72. The van der Waals surface area contributed by atoms with Gasteiger partial charge in [0.1, 0.15) is 0 Å². The van der Waals surface area contributed by atoms with Crippen LogP contribution in [0.25, 0.3) is 0 Å². The Bertz CT molecular complexity index is 105. The number of hydrogen-bond acceptors (Lipinski definition) is 3. The van der Waals surface area contributed by atoms with E-state index in [0.717, 1.165) is 0 Å². The molecule has 0 aliphatic rings. The minimum Gasteiger partial charge on any atom is -0.772 e. The minimum absolute atomic E-state index is 0.236. The van der Waals surface area contributed by atoms with Crippen molar-refractivity contribution < 1.29 is 13.5 Å². The SMILES string of the molecule is CCC(CCOC)S(=O)[O-]. The molecule has 0 saturated heterocycles. The zero-order chi connectivity index (χ0) is 7.98. The zero-order valence-electron chi connectivity index (χ0n) is 6.33. The van der Waals surface area contributed by atoms with Gasteiger partial charge in [0.2, 0.25) is 0 Å². The maximum atomic E-state index is 10.4. The molecule has 0 aliphatic heterocycles. The van der Waals surface area contributed by atoms with Crippen molar-refractivity contribution in [2.75, 3.05) is 13.7 Å². The lowest BCUT2D eigenvalue weighted by atomic mass is 10.2. The van der Waals surface area contributed by atoms with E-state index in [1.165, 1.54) is 0 Å². The molecule has 0 radical (unpaired) electrons. The van der Waals surface area contributed by atoms with Gasteiger partial charge in [-0.15, -0.1) is 0 Å². The predicted octanol–water partition coefficient (Wildman–Crippen LogP) is 0.681. The molecule has 0 N–H and O–H groups in total. The Morgan fingerprint density at radius 2 is 2.30 bits per heavy atom. The first-order valence-corrected chi connectivity index (χ1v) is 4.43. The summed E-state index contributed by atoms with van der Waals surface area (Å²) in [5, 5.41) is -0.236. The van der Waals surface area contributed by atoms with Gasteiger partial charge in [0, 0.05) is 19.0 Å². The fraction of sp³-hybridized carbons (Fsp3) is 1.00. The summed E-state index contributed by atoms with van der Waals surface area (Å²) in [4.78, 5) is 0. The van der Waals surface area contributed by atoms with E-state index < -0.39 is 11.1 Å². The molecule has 4 heteroatoms. The molecule has 0 aromatic rings. The maximum absolute atomic E-state index is 10.4. The van der Waals surface area contributed by atoms with Gasteiger partial charge in [0.05, 0.1) is 0 Å². The van der Waals surface area contributed by atoms with E-state index in [1.807, 2.05) is 6.92 Å². The summed E-state index contributed by atoms with van der Waals surface area (Å²) >= 11 is -1.93. The average Bonchev–Trinajstić information content (AvgIpc) is 1.89. The summed E-state index contributed by atoms with van der Waals surface area (Å²) < 4.78 is 25.5. The third-order valence-corrected chi connectivity index (χ3v) is 2.48. The molecule has 0 bridgehead atoms. The standard InChI is InChI=1S/C6H14O3S/c1-3-6(10(7)8)4-5-9-2/h6H,3-5H2,1-2H3,(H,7,8)/p-1. The molecule has 10 heavy (non-hydrogen) atoms. The second-order valence-corrected chi connectivity index (χ2v) is 3.26. The summed E-state index contributed by atoms with van der Waals surface area (Å²) in [6, 6.07) is 0. The summed E-state index contributed by atoms with van der Waals surface area (Å²) in [6.45, 7) is 2.38. The first-order valence-electron chi connectivity index (χ1n) is 3.29. The quantitative estimate of drug-likeness (QED) is 0.563. The van der Waals surface area contributed by atoms with Gasteiger partial charge in [-0.25, -0.2) is 0 Å². The minimum atomic E-state index is -1.93. The largest absolute Gasteiger partial charge is 0.772 e. The normalized spacial score (nSPS) is 16.7. The van der Waals surface area contributed by atoms with Crippen LogP contribution in [0.15, 0.2) is 0 Å². The van der Waals surface area contributed by atoms with Gasteiger partial charge in [-0.05, 0) is 12.8 Å². The molecule has 2 atom stereocenters. The highest BCUT2D eigenvalue weighted by Gasteiger charge is 2.04. The van der Waals surface area contributed by atoms with Crippen LogP contribution in [0.4, 0.5) is 0 Å². The molecule has 0 aromatic carbocycles. The smallest absolute Gasteiger partial charge is 0.0473 e. The van der Waals surface area contributed by atoms with Crippen LogP contribution in [-0.4, -0.2) is 27.7 Å². The van der Waals surface area contributed by atoms with Crippen LogP contribution in [0.2, 0.25) is 0 Å². The van der Waals surface area contributed by atoms with Gasteiger partial charge < -0.3 is 9.29 Å². The third-order valence-electron chi connectivity index (χ3n) is 1.37. The highest BCUT2D eigenvalue weighted by atomic mass is 32.2. The van der Waals surface area contributed by atoms with Crippen LogP contribution in [0.3, 0.4) is 0 Å². The van der Waals surface area contributed by atoms with E-state index in [1.54, 1.807) is 7.11 Å². The molecule has 0 amide bonds. The Morgan fingerprint density at radius 1 is 1.70 bits per heavy atom. The lowest BCUT2D eigenvalue weighted by Crippen LogP contribution is -2.15. The van der Waals surface area contributed by atoms with Gasteiger partial charge >= 0.3 is 0 Å². The van der Waals surface area contributed by atoms with E-state index in [2.05, 4.69) is 0 Å². The lowest BCUT2D eigenvalue weighted by molar-refractivity contribution is 0.193. The molecule has 62 valence electrons. The molecule has 0 rings (SSSR count). The lowest BCUT2D eigenvalue weighted by Gasteiger charge is -2.16. The number of methoxy groups -OCH3 is 1. The van der Waals surface area contributed by atoms with Crippen molar-refractivity contribution in [1.29, 1.82) is 0 Å². The van der Waals surface area contributed by atoms with Gasteiger partial charge in [0.25, 0.3) is 0 Å². The van der Waals surface area contributed by atoms with Crippen LogP contribution in [0, 0.1) is 0 Å². The van der Waals surface area contributed by atoms with Crippen molar-refractivity contribution >= 4 is 11.1 Å². The molecule has 0 saturated carbocycles. The van der Waals surface area contributed by atoms with Crippen LogP contribution in [0.5, 0.6) is 0 Å². The van der Waals surface area contributed by atoms with Crippen LogP contribution < -0.4 is 0 Å². The summed E-state index contributed by atoms with van der Waals surface area (Å²) in [7, 11) is 1.57. The molecule has 2 unspecified atom stereocenters. The Hall–Kier alpha value is 0.0700. The second-order valence-electron chi connectivity index (χ2n) is 2.07. The summed E-state index contributed by atoms with van der Waals surface area (Å²) in [6.07, 6.45) is 1.27. The second kappa shape index (κ2) is 5.82. The fourth-order valence-electron chi connectivity index (χ4n) is 0.686. The van der Waals surface area contributed by atoms with Crippen molar-refractivity contribution in [2.45, 2.75) is 25.0 Å². The summed E-state index contributed by atoms with van der Waals surface area (Å²) in [5.74, 6) is 0. The van der Waals surface area contributed by atoms with Crippen LogP contribution in [0.1, 0.15) is 19.8 Å². The Labute approximate surface area is 64.1 Å². The Morgan fingerprint density at radius 3 is 2.60 bits per heavy atom. The van der Waals surface area contributed by atoms with Crippen molar-refractivity contribution in [3.8, 4) is 0 Å². The van der Waals surface area contributed by atoms with Gasteiger partial charge in [-0.2, -0.15) is 0 Å². The Kier molecular flexibility index (Phi) is 5.87. The van der Waals surface area contributed by atoms with Crippen molar-refractivity contribution in [3.05, 3.63) is 0 Å². The van der Waals surface area contributed by atoms with Crippen LogP contribution in [-0.2, 0) is 15.8 Å². The summed E-state index contributed by atoms with van der Waals surface area (Å²) in [5.41, 5.74) is 0. The molecule has 0 aromatic heterocycles. The van der Waals surface area contributed by atoms with E-state index >= 15 is 0 Å². The van der Waals surface area contributed by atoms with Gasteiger partial charge in [-0.3, -0.25) is 4.21 Å². The molecule has 0 aliphatic carbocycles. The average molecular weight is 165 g/mol. The molecule has 0 heterocycles. The van der Waals surface area contributed by atoms with Crippen molar-refractivity contribution in [1.82, 2.24) is 0 Å². The molecular weight excluding hydrogens is 152 g/mol. The topological polar surface area (TPSA) is 49.4 Å². The third kappa shape index (κ3) is 3.98. The van der Waals surface area contributed by atoms with Crippen LogP contribution >= 0.6 is 0 Å². The van der Waals surface area contributed by atoms with Crippen molar-refractivity contribution in [3.63, 3.8) is 0 Å². The van der Waals surface area contributed by atoms with E-state index in [-0.39, 0.29) is 5.25 Å². The highest BCUT2D eigenvalue weighted by Crippen LogP contribution is 2.04. The Balaban J connectivity index is 3.50. The molecular formula is C6H13O3S-. The fourth-order valence-corrected chi connectivity index (χ4v) is 1.25. The molecule has 0 spiro atoms. The maximum Gasteiger partial charge on any atom is 0.0473 e. The van der Waals surface area contributed by atoms with E-state index in [4.69, 9.17) is 4.74 Å². The predicted molar refractivity (Wildman–Crippen MR) is 39.5 cm³/mol. The zero-order valence-corrected chi connectivity index (χ0v) is 7.15. The molecule has 0 fully saturated rings. The first kappa shape index (κ1) is 10.1. The van der Waals surface area contributed by atoms with E-state index in [9.17, 15) is 8.76 Å². The highest BCUT2D eigenvalue weighted by molar-refractivity contribution is 7.79. The van der Waals surface area contributed by atoms with E-state index in [0.29, 0.717) is 19.4 Å². The number of ether oxygens (including phenoxy) is 1. The van der Waals surface area contributed by atoms with Crippen molar-refractivity contribution in [2.24, 2.45) is 0 Å². The number of rotatable bonds is 5. The number of hydrogen-bond donors (Lipinski definition) is 0. The van der Waals surface area contributed by atoms with Gasteiger partial charge in [0.15, 0.2) is 0 Å². The monoisotopic (exact) mass is 165 g/mol.